The van der Waals surface area contributed by atoms with Gasteiger partial charge in [0.15, 0.2) is 0 Å². The third-order valence-electron chi connectivity index (χ3n) is 5.15. The van der Waals surface area contributed by atoms with Crippen LogP contribution in [0.4, 0.5) is 4.79 Å². The number of urea groups is 1. The van der Waals surface area contributed by atoms with Crippen LogP contribution < -0.4 is 10.1 Å². The van der Waals surface area contributed by atoms with Gasteiger partial charge in [-0.15, -0.1) is 0 Å². The topological polar surface area (TPSA) is 94.2 Å². The molecule has 2 aromatic rings. The summed E-state index contributed by atoms with van der Waals surface area (Å²) < 4.78 is 15.4. The molecular weight excluding hydrogens is 400 g/mol. The zero-order valence-electron chi connectivity index (χ0n) is 17.8. The normalized spacial score (nSPS) is 15.9. The molecule has 1 aliphatic rings. The number of amides is 2. The van der Waals surface area contributed by atoms with Crippen molar-refractivity contribution in [3.05, 3.63) is 76.5 Å². The molecule has 0 saturated heterocycles. The number of carbonyl (C=O) groups excluding carboxylic acids is 3. The number of carbonyl (C=O) groups is 3. The van der Waals surface area contributed by atoms with E-state index in [0.29, 0.717) is 29.2 Å². The van der Waals surface area contributed by atoms with Crippen molar-refractivity contribution in [1.29, 1.82) is 0 Å². The lowest BCUT2D eigenvalue weighted by Gasteiger charge is -2.33. The molecule has 31 heavy (non-hydrogen) atoms. The Labute approximate surface area is 180 Å². The van der Waals surface area contributed by atoms with Gasteiger partial charge in [0.2, 0.25) is 0 Å². The van der Waals surface area contributed by atoms with Gasteiger partial charge in [0.05, 0.1) is 31.4 Å². The van der Waals surface area contributed by atoms with Crippen LogP contribution in [0.5, 0.6) is 5.75 Å². The van der Waals surface area contributed by atoms with E-state index in [4.69, 9.17) is 9.47 Å². The number of nitrogens with zero attached hydrogens (tertiary/aromatic N) is 1. The molecule has 3 rings (SSSR count). The van der Waals surface area contributed by atoms with Crippen molar-refractivity contribution in [2.75, 3.05) is 21.3 Å². The molecule has 2 aromatic carbocycles. The number of ether oxygens (including phenoxy) is 3. The Balaban J connectivity index is 1.72. The average Bonchev–Trinajstić information content (AvgIpc) is 2.80. The van der Waals surface area contributed by atoms with Crippen molar-refractivity contribution >= 4 is 18.0 Å². The second-order valence-electron chi connectivity index (χ2n) is 6.98. The Morgan fingerprint density at radius 1 is 0.968 bits per heavy atom. The minimum atomic E-state index is -0.615. The fraction of sp³-hybridized carbons (Fsp3) is 0.261. The predicted molar refractivity (Wildman–Crippen MR) is 112 cm³/mol. The summed E-state index contributed by atoms with van der Waals surface area (Å²) in [5, 5.41) is 2.82. The molecule has 1 heterocycles. The number of benzene rings is 2. The van der Waals surface area contributed by atoms with Gasteiger partial charge in [0.1, 0.15) is 12.4 Å². The zero-order valence-corrected chi connectivity index (χ0v) is 17.8. The first kappa shape index (κ1) is 21.9. The molecule has 1 atom stereocenters. The van der Waals surface area contributed by atoms with E-state index in [1.54, 1.807) is 62.5 Å². The van der Waals surface area contributed by atoms with Crippen molar-refractivity contribution in [3.63, 3.8) is 0 Å². The number of esters is 2. The Morgan fingerprint density at radius 3 is 2.16 bits per heavy atom. The Kier molecular flexibility index (Phi) is 6.59. The van der Waals surface area contributed by atoms with E-state index in [2.05, 4.69) is 10.1 Å². The van der Waals surface area contributed by atoms with Gasteiger partial charge in [0.25, 0.3) is 0 Å². The summed E-state index contributed by atoms with van der Waals surface area (Å²) in [6.07, 6.45) is 0. The van der Waals surface area contributed by atoms with Gasteiger partial charge in [-0.2, -0.15) is 0 Å². The molecule has 0 aliphatic carbocycles. The summed E-state index contributed by atoms with van der Waals surface area (Å²) >= 11 is 0. The maximum Gasteiger partial charge on any atom is 0.337 e. The first-order valence-corrected chi connectivity index (χ1v) is 9.59. The highest BCUT2D eigenvalue weighted by atomic mass is 16.5. The summed E-state index contributed by atoms with van der Waals surface area (Å²) in [7, 11) is 4.24. The van der Waals surface area contributed by atoms with Crippen LogP contribution in [0, 0.1) is 0 Å². The SMILES string of the molecule is COC(=O)C1=C(C)N(C)C(=O)NC1c1ccc(OCc2ccc(C(=O)OC)cc2)cc1. The van der Waals surface area contributed by atoms with Crippen LogP contribution >= 0.6 is 0 Å². The number of hydrogen-bond donors (Lipinski definition) is 1. The van der Waals surface area contributed by atoms with Gasteiger partial charge in [-0.05, 0) is 42.3 Å². The number of methoxy groups -OCH3 is 2. The van der Waals surface area contributed by atoms with E-state index < -0.39 is 12.0 Å². The smallest absolute Gasteiger partial charge is 0.337 e. The monoisotopic (exact) mass is 424 g/mol. The van der Waals surface area contributed by atoms with Crippen molar-refractivity contribution in [3.8, 4) is 5.75 Å². The van der Waals surface area contributed by atoms with E-state index in [0.717, 1.165) is 11.1 Å². The molecule has 0 saturated carbocycles. The Bertz CT molecular complexity index is 1010. The molecule has 1 N–H and O–H groups in total. The minimum Gasteiger partial charge on any atom is -0.489 e. The predicted octanol–water partition coefficient (Wildman–Crippen LogP) is 3.20. The molecule has 8 heteroatoms. The van der Waals surface area contributed by atoms with Crippen molar-refractivity contribution in [2.24, 2.45) is 0 Å². The van der Waals surface area contributed by atoms with Gasteiger partial charge in [-0.1, -0.05) is 24.3 Å². The van der Waals surface area contributed by atoms with E-state index >= 15 is 0 Å². The Morgan fingerprint density at radius 2 is 1.58 bits per heavy atom. The maximum absolute atomic E-state index is 12.3. The molecule has 0 fully saturated rings. The highest BCUT2D eigenvalue weighted by molar-refractivity contribution is 5.94. The van der Waals surface area contributed by atoms with Gasteiger partial charge in [0, 0.05) is 12.7 Å². The number of nitrogens with one attached hydrogen (secondary N) is 1. The number of allylic oxidation sites excluding steroid dienone is 1. The molecule has 0 spiro atoms. The van der Waals surface area contributed by atoms with Crippen LogP contribution in [0.2, 0.25) is 0 Å². The van der Waals surface area contributed by atoms with E-state index in [-0.39, 0.29) is 12.0 Å². The van der Waals surface area contributed by atoms with Crippen molar-refractivity contribution in [1.82, 2.24) is 10.2 Å². The molecule has 1 aliphatic heterocycles. The van der Waals surface area contributed by atoms with E-state index in [9.17, 15) is 14.4 Å². The lowest BCUT2D eigenvalue weighted by molar-refractivity contribution is -0.136. The number of rotatable bonds is 6. The second-order valence-corrected chi connectivity index (χ2v) is 6.98. The quantitative estimate of drug-likeness (QED) is 0.716. The third-order valence-corrected chi connectivity index (χ3v) is 5.15. The first-order valence-electron chi connectivity index (χ1n) is 9.59. The second kappa shape index (κ2) is 9.34. The van der Waals surface area contributed by atoms with Crippen LogP contribution in [0.1, 0.15) is 34.5 Å². The minimum absolute atomic E-state index is 0.300. The van der Waals surface area contributed by atoms with Gasteiger partial charge in [-0.25, -0.2) is 14.4 Å². The lowest BCUT2D eigenvalue weighted by atomic mass is 9.95. The molecule has 1 unspecified atom stereocenters. The molecule has 0 bridgehead atoms. The van der Waals surface area contributed by atoms with Crippen LogP contribution in [0.25, 0.3) is 0 Å². The maximum atomic E-state index is 12.3. The largest absolute Gasteiger partial charge is 0.489 e. The van der Waals surface area contributed by atoms with E-state index in [1.807, 2.05) is 0 Å². The van der Waals surface area contributed by atoms with Gasteiger partial charge < -0.3 is 24.4 Å². The summed E-state index contributed by atoms with van der Waals surface area (Å²) in [6.45, 7) is 2.03. The van der Waals surface area contributed by atoms with Crippen LogP contribution in [0.15, 0.2) is 59.8 Å². The average molecular weight is 424 g/mol. The van der Waals surface area contributed by atoms with E-state index in [1.165, 1.54) is 19.1 Å². The molecule has 0 aromatic heterocycles. The lowest BCUT2D eigenvalue weighted by Crippen LogP contribution is -2.46. The Hall–Kier alpha value is -3.81. The molecule has 162 valence electrons. The third kappa shape index (κ3) is 4.69. The number of hydrogen-bond acceptors (Lipinski definition) is 6. The molecule has 2 amide bonds. The van der Waals surface area contributed by atoms with Crippen LogP contribution in [0.3, 0.4) is 0 Å². The van der Waals surface area contributed by atoms with Gasteiger partial charge >= 0.3 is 18.0 Å². The first-order chi connectivity index (χ1) is 14.8. The standard InChI is InChI=1S/C23H24N2O6/c1-14-19(22(27)30-4)20(24-23(28)25(14)2)16-9-11-18(12-10-16)31-13-15-5-7-17(8-6-15)21(26)29-3/h5-12,20H,13H2,1-4H3,(H,24,28). The van der Waals surface area contributed by atoms with Gasteiger partial charge in [-0.3, -0.25) is 0 Å². The molecular formula is C23H24N2O6. The summed E-state index contributed by atoms with van der Waals surface area (Å²) in [6, 6.07) is 13.2. The highest BCUT2D eigenvalue weighted by Crippen LogP contribution is 2.31. The fourth-order valence-electron chi connectivity index (χ4n) is 3.24. The van der Waals surface area contributed by atoms with Crippen molar-refractivity contribution < 1.29 is 28.6 Å². The van der Waals surface area contributed by atoms with Crippen molar-refractivity contribution in [2.45, 2.75) is 19.6 Å². The molecule has 0 radical (unpaired) electrons. The van der Waals surface area contributed by atoms with Crippen LogP contribution in [-0.2, 0) is 20.9 Å². The zero-order chi connectivity index (χ0) is 22.5. The van der Waals surface area contributed by atoms with Crippen LogP contribution in [-0.4, -0.2) is 44.1 Å². The summed E-state index contributed by atoms with van der Waals surface area (Å²) in [4.78, 5) is 37.4. The summed E-state index contributed by atoms with van der Waals surface area (Å²) in [5.41, 5.74) is 3.02. The molecule has 8 nitrogen and oxygen atoms in total. The fourth-order valence-corrected chi connectivity index (χ4v) is 3.24. The summed E-state index contributed by atoms with van der Waals surface area (Å²) in [5.74, 6) is -0.259. The highest BCUT2D eigenvalue weighted by Gasteiger charge is 2.34.